The minimum atomic E-state index is -4.64. The Labute approximate surface area is 320 Å². The van der Waals surface area contributed by atoms with Crippen molar-refractivity contribution in [2.75, 3.05) is 27.2 Å². The summed E-state index contributed by atoms with van der Waals surface area (Å²) in [4.78, 5) is 53.5. The minimum Gasteiger partial charge on any atom is -0.496 e. The van der Waals surface area contributed by atoms with E-state index in [1.807, 2.05) is 12.2 Å². The van der Waals surface area contributed by atoms with E-state index in [9.17, 15) is 36.0 Å². The van der Waals surface area contributed by atoms with Crippen molar-refractivity contribution in [3.8, 4) is 22.2 Å². The predicted octanol–water partition coefficient (Wildman–Crippen LogP) is 5.57. The van der Waals surface area contributed by atoms with Gasteiger partial charge in [0.1, 0.15) is 39.9 Å². The highest BCUT2D eigenvalue weighted by atomic mass is 32.2. The number of allylic oxidation sites excluding steroid dienone is 1. The summed E-state index contributed by atoms with van der Waals surface area (Å²) >= 11 is 0.795. The number of thiazole rings is 1. The number of fused-ring (bicyclic) bond motifs is 3. The summed E-state index contributed by atoms with van der Waals surface area (Å²) in [5.74, 6) is -1.09. The van der Waals surface area contributed by atoms with E-state index in [-0.39, 0.29) is 36.1 Å². The molecule has 0 spiro atoms. The second kappa shape index (κ2) is 14.2. The number of ether oxygens (including phenoxy) is 2. The number of aromatic nitrogens is 2. The number of alkyl halides is 3. The summed E-state index contributed by atoms with van der Waals surface area (Å²) in [6.07, 6.45) is 1.99. The van der Waals surface area contributed by atoms with Crippen LogP contribution in [0, 0.1) is 12.8 Å². The maximum atomic E-state index is 14.4. The Hall–Kier alpha value is -4.45. The monoisotopic (exact) mass is 804 g/mol. The minimum absolute atomic E-state index is 0.00372. The number of halogens is 3. The van der Waals surface area contributed by atoms with E-state index in [2.05, 4.69) is 20.0 Å². The first kappa shape index (κ1) is 38.8. The highest BCUT2D eigenvalue weighted by molar-refractivity contribution is 7.91. The van der Waals surface area contributed by atoms with Gasteiger partial charge in [-0.15, -0.1) is 11.3 Å². The fraction of sp³-hybridized carbons (Fsp3) is 0.541. The molecule has 0 unspecified atom stereocenters. The number of urea groups is 1. The summed E-state index contributed by atoms with van der Waals surface area (Å²) < 4.78 is 80.0. The van der Waals surface area contributed by atoms with Crippen molar-refractivity contribution in [1.29, 1.82) is 0 Å². The molecule has 1 saturated heterocycles. The lowest BCUT2D eigenvalue weighted by Crippen LogP contribution is -2.61. The molecule has 0 bridgehead atoms. The largest absolute Gasteiger partial charge is 0.496 e. The van der Waals surface area contributed by atoms with Gasteiger partial charge in [0.15, 0.2) is 5.69 Å². The third-order valence-corrected chi connectivity index (χ3v) is 14.2. The molecular weight excluding hydrogens is 762 g/mol. The molecule has 13 nitrogen and oxygen atoms in total. The number of carbonyl (C=O) groups excluding carboxylic acids is 3. The van der Waals surface area contributed by atoms with Crippen LogP contribution in [0.2, 0.25) is 0 Å². The Kier molecular flexibility index (Phi) is 10.1. The van der Waals surface area contributed by atoms with E-state index < -0.39 is 62.1 Å². The lowest BCUT2D eigenvalue weighted by molar-refractivity contribution is -0.140. The maximum Gasteiger partial charge on any atom is 0.434 e. The van der Waals surface area contributed by atoms with Gasteiger partial charge < -0.3 is 24.6 Å². The molecule has 0 radical (unpaired) electrons. The molecule has 2 aliphatic carbocycles. The average molecular weight is 805 g/mol. The summed E-state index contributed by atoms with van der Waals surface area (Å²) in [6.45, 7) is 3.92. The van der Waals surface area contributed by atoms with Gasteiger partial charge in [-0.1, -0.05) is 12.2 Å². The lowest BCUT2D eigenvalue weighted by Gasteiger charge is -2.40. The van der Waals surface area contributed by atoms with Crippen LogP contribution in [0.3, 0.4) is 0 Å². The van der Waals surface area contributed by atoms with Crippen LogP contribution in [0.1, 0.15) is 69.5 Å². The fourth-order valence-electron chi connectivity index (χ4n) is 7.28. The SMILES string of the molecule is COc1ccc2c(O[C@H]3CCN4C(=O)N(C)CCCC/C=C/[C@@H]5C[C@@]5(C(=O)NS(=O)(=O)C5(C)CC5)NC(=O)[C@@H]4C3)cc(-c3nc(C(F)(F)F)cs3)nc2c1C. The van der Waals surface area contributed by atoms with E-state index in [1.165, 1.54) is 18.1 Å². The van der Waals surface area contributed by atoms with Crippen LogP contribution in [-0.2, 0) is 25.8 Å². The van der Waals surface area contributed by atoms with E-state index in [1.54, 1.807) is 37.9 Å². The zero-order valence-corrected chi connectivity index (χ0v) is 32.5. The van der Waals surface area contributed by atoms with Crippen LogP contribution in [0.15, 0.2) is 35.7 Å². The summed E-state index contributed by atoms with van der Waals surface area (Å²) in [5.41, 5.74) is -1.36. The number of pyridine rings is 1. The van der Waals surface area contributed by atoms with Crippen LogP contribution < -0.4 is 19.5 Å². The smallest absolute Gasteiger partial charge is 0.434 e. The first-order valence-corrected chi connectivity index (χ1v) is 20.6. The topological polar surface area (TPSA) is 160 Å². The maximum absolute atomic E-state index is 14.4. The zero-order valence-electron chi connectivity index (χ0n) is 30.9. The van der Waals surface area contributed by atoms with Crippen molar-refractivity contribution in [3.63, 3.8) is 0 Å². The number of sulfonamides is 1. The van der Waals surface area contributed by atoms with Gasteiger partial charge in [-0.05, 0) is 64.5 Å². The van der Waals surface area contributed by atoms with Crippen molar-refractivity contribution < 1.29 is 45.4 Å². The van der Waals surface area contributed by atoms with E-state index in [0.29, 0.717) is 66.6 Å². The number of hydrogen-bond donors (Lipinski definition) is 2. The number of rotatable bonds is 7. The third-order valence-electron chi connectivity index (χ3n) is 11.2. The number of methoxy groups -OCH3 is 1. The molecule has 296 valence electrons. The van der Waals surface area contributed by atoms with Crippen molar-refractivity contribution in [2.45, 2.75) is 93.8 Å². The summed E-state index contributed by atoms with van der Waals surface area (Å²) in [7, 11) is -0.838. The molecule has 7 rings (SSSR count). The highest BCUT2D eigenvalue weighted by Gasteiger charge is 2.63. The van der Waals surface area contributed by atoms with E-state index >= 15 is 0 Å². The summed E-state index contributed by atoms with van der Waals surface area (Å²) in [6, 6.07) is 3.51. The molecule has 3 fully saturated rings. The number of nitrogens with zero attached hydrogens (tertiary/aromatic N) is 4. The Morgan fingerprint density at radius 1 is 1.13 bits per heavy atom. The third kappa shape index (κ3) is 7.46. The van der Waals surface area contributed by atoms with Gasteiger partial charge in [-0.3, -0.25) is 14.3 Å². The molecule has 2 N–H and O–H groups in total. The molecule has 4 aliphatic rings. The van der Waals surface area contributed by atoms with Crippen LogP contribution in [0.5, 0.6) is 11.5 Å². The standard InChI is InChI=1S/C37H43F3N6O7S2/c1-21-27(52-4)11-10-24-28(18-25(41-30(21)24)32-42-29(20-54-32)37(38,39)40)53-23-12-16-46-26(17-23)31(47)43-36(33(48)44-55(50,51)35(2)13-14-35)19-22(36)9-7-5-6-8-15-45(3)34(46)49/h7,9-11,18,20,22-23,26H,5-6,8,12-17,19H2,1-4H3,(H,43,47)(H,44,48)/b9-7+/t22-,23+,26+,36-/m1/s1. The number of hydrogen-bond acceptors (Lipinski definition) is 10. The Morgan fingerprint density at radius 2 is 1.89 bits per heavy atom. The van der Waals surface area contributed by atoms with E-state index in [4.69, 9.17) is 9.47 Å². The molecule has 4 atom stereocenters. The van der Waals surface area contributed by atoms with Gasteiger partial charge in [0.05, 0.1) is 17.4 Å². The normalized spacial score (nSPS) is 26.3. The van der Waals surface area contributed by atoms with Crippen LogP contribution in [0.25, 0.3) is 21.6 Å². The van der Waals surface area contributed by atoms with E-state index in [0.717, 1.165) is 23.1 Å². The first-order valence-electron chi connectivity index (χ1n) is 18.2. The molecule has 1 aromatic carbocycles. The number of amides is 4. The molecule has 18 heteroatoms. The first-order chi connectivity index (χ1) is 26.0. The van der Waals surface area contributed by atoms with Crippen molar-refractivity contribution in [2.24, 2.45) is 5.92 Å². The van der Waals surface area contributed by atoms with Crippen LogP contribution >= 0.6 is 11.3 Å². The molecular formula is C37H43F3N6O7S2. The van der Waals surface area contributed by atoms with Gasteiger partial charge >= 0.3 is 12.2 Å². The molecule has 2 aliphatic heterocycles. The van der Waals surface area contributed by atoms with Crippen LogP contribution in [0.4, 0.5) is 18.0 Å². The number of aryl methyl sites for hydroxylation is 1. The predicted molar refractivity (Wildman–Crippen MR) is 198 cm³/mol. The van der Waals surface area contributed by atoms with Crippen LogP contribution in [-0.4, -0.2) is 95.7 Å². The number of nitrogens with one attached hydrogen (secondary N) is 2. The van der Waals surface area contributed by atoms with Crippen molar-refractivity contribution >= 4 is 50.1 Å². The number of benzene rings is 1. The number of carbonyl (C=O) groups is 3. The molecule has 3 aromatic rings. The molecule has 2 saturated carbocycles. The Balaban J connectivity index is 1.21. The molecule has 55 heavy (non-hydrogen) atoms. The zero-order chi connectivity index (χ0) is 39.5. The van der Waals surface area contributed by atoms with Gasteiger partial charge in [-0.2, -0.15) is 13.2 Å². The average Bonchev–Trinajstić information content (AvgIpc) is 3.99. The molecule has 4 heterocycles. The lowest BCUT2D eigenvalue weighted by atomic mass is 9.97. The Morgan fingerprint density at radius 3 is 2.58 bits per heavy atom. The van der Waals surface area contributed by atoms with Crippen molar-refractivity contribution in [1.82, 2.24) is 29.8 Å². The number of piperidine rings is 1. The molecule has 4 amide bonds. The van der Waals surface area contributed by atoms with Gasteiger partial charge in [0, 0.05) is 61.3 Å². The second-order valence-corrected chi connectivity index (χ2v) is 18.1. The summed E-state index contributed by atoms with van der Waals surface area (Å²) in [5, 5.41) is 4.38. The fourth-order valence-corrected chi connectivity index (χ4v) is 9.38. The van der Waals surface area contributed by atoms with Crippen molar-refractivity contribution in [3.05, 3.63) is 47.0 Å². The van der Waals surface area contributed by atoms with Gasteiger partial charge in [-0.25, -0.2) is 23.2 Å². The van der Waals surface area contributed by atoms with Gasteiger partial charge in [0.2, 0.25) is 15.9 Å². The molecule has 2 aromatic heterocycles. The van der Waals surface area contributed by atoms with Gasteiger partial charge in [0.25, 0.3) is 5.91 Å². The highest BCUT2D eigenvalue weighted by Crippen LogP contribution is 2.48. The Bertz CT molecular complexity index is 2170. The second-order valence-electron chi connectivity index (χ2n) is 15.1. The quantitative estimate of drug-likeness (QED) is 0.291.